The number of rotatable bonds is 3. The van der Waals surface area contributed by atoms with Gasteiger partial charge in [-0.1, -0.05) is 6.92 Å². The first-order chi connectivity index (χ1) is 12.7. The number of pyridine rings is 1. The lowest BCUT2D eigenvalue weighted by atomic mass is 10.0. The number of hydrogen-bond acceptors (Lipinski definition) is 6. The molecule has 0 unspecified atom stereocenters. The number of amides is 1. The summed E-state index contributed by atoms with van der Waals surface area (Å²) in [5, 5.41) is 0. The summed E-state index contributed by atoms with van der Waals surface area (Å²) in [5.74, 6) is 0.642. The molecule has 0 N–H and O–H groups in total. The van der Waals surface area contributed by atoms with Crippen LogP contribution >= 0.6 is 0 Å². The standard InChI is InChI=1S/C19H28N4O3/c1-2-21-9-11-23(12-10-21)18(24)16-3-4-17(20-15-16)22-7-5-19(6-8-22)25-13-14-26-19/h3-4,15H,2,5-14H2,1H3. The van der Waals surface area contributed by atoms with E-state index >= 15 is 0 Å². The quantitative estimate of drug-likeness (QED) is 0.807. The Hall–Kier alpha value is -1.70. The number of carbonyl (C=O) groups excluding carboxylic acids is 1. The molecule has 4 heterocycles. The van der Waals surface area contributed by atoms with Crippen molar-refractivity contribution in [3.8, 4) is 0 Å². The third kappa shape index (κ3) is 3.56. The van der Waals surface area contributed by atoms with Crippen LogP contribution in [0.4, 0.5) is 5.82 Å². The molecule has 0 radical (unpaired) electrons. The molecule has 3 fully saturated rings. The molecular formula is C19H28N4O3. The van der Waals surface area contributed by atoms with Crippen molar-refractivity contribution in [3.05, 3.63) is 23.9 Å². The molecule has 0 saturated carbocycles. The van der Waals surface area contributed by atoms with E-state index in [0.717, 1.165) is 64.5 Å². The van der Waals surface area contributed by atoms with Gasteiger partial charge in [0.2, 0.25) is 0 Å². The smallest absolute Gasteiger partial charge is 0.255 e. The summed E-state index contributed by atoms with van der Waals surface area (Å²) >= 11 is 0. The fourth-order valence-electron chi connectivity index (χ4n) is 4.01. The van der Waals surface area contributed by atoms with Crippen LogP contribution in [0.3, 0.4) is 0 Å². The molecule has 142 valence electrons. The zero-order valence-electron chi connectivity index (χ0n) is 15.5. The normalized spacial score (nSPS) is 23.6. The van der Waals surface area contributed by atoms with Crippen LogP contribution in [0.1, 0.15) is 30.1 Å². The van der Waals surface area contributed by atoms with Gasteiger partial charge in [0.25, 0.3) is 5.91 Å². The molecule has 1 amide bonds. The van der Waals surface area contributed by atoms with Crippen molar-refractivity contribution in [3.63, 3.8) is 0 Å². The summed E-state index contributed by atoms with van der Waals surface area (Å²) in [4.78, 5) is 23.8. The number of hydrogen-bond donors (Lipinski definition) is 0. The number of carbonyl (C=O) groups is 1. The highest BCUT2D eigenvalue weighted by molar-refractivity contribution is 5.94. The molecule has 1 aromatic heterocycles. The largest absolute Gasteiger partial charge is 0.356 e. The van der Waals surface area contributed by atoms with Crippen LogP contribution in [0, 0.1) is 0 Å². The highest BCUT2D eigenvalue weighted by Crippen LogP contribution is 2.32. The van der Waals surface area contributed by atoms with Gasteiger partial charge in [0, 0.05) is 58.3 Å². The van der Waals surface area contributed by atoms with E-state index in [1.807, 2.05) is 17.0 Å². The first-order valence-corrected chi connectivity index (χ1v) is 9.70. The Bertz CT molecular complexity index is 612. The maximum absolute atomic E-state index is 12.7. The van der Waals surface area contributed by atoms with E-state index in [2.05, 4.69) is 21.7 Å². The van der Waals surface area contributed by atoms with Gasteiger partial charge in [-0.05, 0) is 18.7 Å². The molecule has 3 aliphatic rings. The van der Waals surface area contributed by atoms with Crippen molar-refractivity contribution in [2.45, 2.75) is 25.6 Å². The number of piperidine rings is 1. The summed E-state index contributed by atoms with van der Waals surface area (Å²) in [5.41, 5.74) is 0.676. The molecule has 4 rings (SSSR count). The molecule has 7 nitrogen and oxygen atoms in total. The van der Waals surface area contributed by atoms with Gasteiger partial charge in [0.15, 0.2) is 5.79 Å². The topological polar surface area (TPSA) is 58.1 Å². The Labute approximate surface area is 154 Å². The minimum absolute atomic E-state index is 0.0881. The minimum atomic E-state index is -0.368. The van der Waals surface area contributed by atoms with E-state index in [4.69, 9.17) is 9.47 Å². The van der Waals surface area contributed by atoms with Gasteiger partial charge in [-0.15, -0.1) is 0 Å². The van der Waals surface area contributed by atoms with Crippen molar-refractivity contribution in [1.29, 1.82) is 0 Å². The summed E-state index contributed by atoms with van der Waals surface area (Å²) < 4.78 is 11.6. The van der Waals surface area contributed by atoms with E-state index in [-0.39, 0.29) is 11.7 Å². The molecule has 0 atom stereocenters. The monoisotopic (exact) mass is 360 g/mol. The van der Waals surface area contributed by atoms with E-state index in [9.17, 15) is 4.79 Å². The van der Waals surface area contributed by atoms with Crippen LogP contribution in [-0.2, 0) is 9.47 Å². The second kappa shape index (κ2) is 7.50. The lowest BCUT2D eigenvalue weighted by Crippen LogP contribution is -2.48. The van der Waals surface area contributed by atoms with E-state index in [1.165, 1.54) is 0 Å². The van der Waals surface area contributed by atoms with Crippen molar-refractivity contribution < 1.29 is 14.3 Å². The Balaban J connectivity index is 1.34. The number of likely N-dealkylation sites (N-methyl/N-ethyl adjacent to an activating group) is 1. The van der Waals surface area contributed by atoms with Gasteiger partial charge < -0.3 is 24.2 Å². The van der Waals surface area contributed by atoms with Gasteiger partial charge in [-0.3, -0.25) is 4.79 Å². The van der Waals surface area contributed by atoms with E-state index in [0.29, 0.717) is 18.8 Å². The van der Waals surface area contributed by atoms with Crippen LogP contribution in [-0.4, -0.2) is 85.5 Å². The summed E-state index contributed by atoms with van der Waals surface area (Å²) in [6, 6.07) is 3.87. The predicted octanol–water partition coefficient (Wildman–Crippen LogP) is 1.20. The fourth-order valence-corrected chi connectivity index (χ4v) is 4.01. The van der Waals surface area contributed by atoms with Gasteiger partial charge in [0.1, 0.15) is 5.82 Å². The van der Waals surface area contributed by atoms with Crippen LogP contribution in [0.2, 0.25) is 0 Å². The predicted molar refractivity (Wildman–Crippen MR) is 98.3 cm³/mol. The number of piperazine rings is 1. The Kier molecular flexibility index (Phi) is 5.11. The van der Waals surface area contributed by atoms with Crippen LogP contribution in [0.15, 0.2) is 18.3 Å². The Morgan fingerprint density at radius 3 is 2.35 bits per heavy atom. The fraction of sp³-hybridized carbons (Fsp3) is 0.684. The molecule has 3 saturated heterocycles. The second-order valence-corrected chi connectivity index (χ2v) is 7.23. The summed E-state index contributed by atoms with van der Waals surface area (Å²) in [7, 11) is 0. The maximum Gasteiger partial charge on any atom is 0.255 e. The lowest BCUT2D eigenvalue weighted by Gasteiger charge is -2.38. The number of nitrogens with zero attached hydrogens (tertiary/aromatic N) is 4. The van der Waals surface area contributed by atoms with Gasteiger partial charge in [0.05, 0.1) is 18.8 Å². The first kappa shape index (κ1) is 17.7. The van der Waals surface area contributed by atoms with E-state index < -0.39 is 0 Å². The van der Waals surface area contributed by atoms with Crippen molar-refractivity contribution in [2.24, 2.45) is 0 Å². The molecule has 1 aromatic rings. The third-order valence-electron chi connectivity index (χ3n) is 5.76. The van der Waals surface area contributed by atoms with Crippen molar-refractivity contribution >= 4 is 11.7 Å². The average Bonchev–Trinajstić information content (AvgIpc) is 3.16. The number of aromatic nitrogens is 1. The number of ether oxygens (including phenoxy) is 2. The summed E-state index contributed by atoms with van der Waals surface area (Å²) in [6.45, 7) is 9.81. The zero-order chi connectivity index (χ0) is 18.0. The molecule has 7 heteroatoms. The molecule has 0 aromatic carbocycles. The van der Waals surface area contributed by atoms with Gasteiger partial charge >= 0.3 is 0 Å². The SMILES string of the molecule is CCN1CCN(C(=O)c2ccc(N3CCC4(CC3)OCCO4)nc2)CC1. The zero-order valence-corrected chi connectivity index (χ0v) is 15.5. The molecular weight excluding hydrogens is 332 g/mol. The average molecular weight is 360 g/mol. The highest BCUT2D eigenvalue weighted by atomic mass is 16.7. The van der Waals surface area contributed by atoms with Gasteiger partial charge in [-0.2, -0.15) is 0 Å². The maximum atomic E-state index is 12.7. The highest BCUT2D eigenvalue weighted by Gasteiger charge is 2.40. The van der Waals surface area contributed by atoms with Crippen LogP contribution in [0.25, 0.3) is 0 Å². The van der Waals surface area contributed by atoms with Crippen molar-refractivity contribution in [1.82, 2.24) is 14.8 Å². The molecule has 1 spiro atoms. The Morgan fingerprint density at radius 1 is 1.08 bits per heavy atom. The number of anilines is 1. The van der Waals surface area contributed by atoms with Crippen LogP contribution < -0.4 is 4.90 Å². The minimum Gasteiger partial charge on any atom is -0.356 e. The Morgan fingerprint density at radius 2 is 1.77 bits per heavy atom. The molecule has 3 aliphatic heterocycles. The molecule has 26 heavy (non-hydrogen) atoms. The third-order valence-corrected chi connectivity index (χ3v) is 5.76. The van der Waals surface area contributed by atoms with Crippen LogP contribution in [0.5, 0.6) is 0 Å². The van der Waals surface area contributed by atoms with Crippen molar-refractivity contribution in [2.75, 3.05) is 63.9 Å². The second-order valence-electron chi connectivity index (χ2n) is 7.23. The van der Waals surface area contributed by atoms with Gasteiger partial charge in [-0.25, -0.2) is 4.98 Å². The molecule has 0 aliphatic carbocycles. The van der Waals surface area contributed by atoms with E-state index in [1.54, 1.807) is 6.20 Å². The molecule has 0 bridgehead atoms. The summed E-state index contributed by atoms with van der Waals surface area (Å²) in [6.07, 6.45) is 3.44. The lowest BCUT2D eigenvalue weighted by molar-refractivity contribution is -0.169. The first-order valence-electron chi connectivity index (χ1n) is 9.70.